The normalized spacial score (nSPS) is 10.6. The third-order valence-electron chi connectivity index (χ3n) is 2.85. The lowest BCUT2D eigenvalue weighted by molar-refractivity contribution is 0.450. The number of nitrogens with zero attached hydrogens (tertiary/aromatic N) is 2. The van der Waals surface area contributed by atoms with E-state index in [2.05, 4.69) is 15.3 Å². The monoisotopic (exact) mass is 291 g/mol. The molecule has 0 aliphatic carbocycles. The maximum Gasteiger partial charge on any atom is 0.238 e. The maximum atomic E-state index is 6.02. The summed E-state index contributed by atoms with van der Waals surface area (Å²) >= 11 is 6.02. The molecule has 1 aromatic carbocycles. The SMILES string of the molecule is CCNCc1cncc(Oc2c(C)cc(Cl)cc2C)n1. The van der Waals surface area contributed by atoms with E-state index in [-0.39, 0.29) is 0 Å². The second-order valence-electron chi connectivity index (χ2n) is 4.60. The zero-order valence-electron chi connectivity index (χ0n) is 11.9. The van der Waals surface area contributed by atoms with Gasteiger partial charge in [-0.15, -0.1) is 0 Å². The van der Waals surface area contributed by atoms with Crippen molar-refractivity contribution in [3.63, 3.8) is 0 Å². The van der Waals surface area contributed by atoms with Gasteiger partial charge in [-0.25, -0.2) is 4.98 Å². The van der Waals surface area contributed by atoms with Crippen molar-refractivity contribution >= 4 is 11.6 Å². The minimum atomic E-state index is 0.494. The third kappa shape index (κ3) is 3.68. The summed E-state index contributed by atoms with van der Waals surface area (Å²) in [5.41, 5.74) is 2.82. The summed E-state index contributed by atoms with van der Waals surface area (Å²) < 4.78 is 5.86. The first-order valence-corrected chi connectivity index (χ1v) is 6.94. The third-order valence-corrected chi connectivity index (χ3v) is 3.07. The van der Waals surface area contributed by atoms with Gasteiger partial charge in [0.05, 0.1) is 11.9 Å². The van der Waals surface area contributed by atoms with Gasteiger partial charge in [-0.3, -0.25) is 4.98 Å². The van der Waals surface area contributed by atoms with E-state index in [1.165, 1.54) is 0 Å². The van der Waals surface area contributed by atoms with Crippen molar-refractivity contribution in [3.8, 4) is 11.6 Å². The van der Waals surface area contributed by atoms with Crippen molar-refractivity contribution in [2.75, 3.05) is 6.54 Å². The van der Waals surface area contributed by atoms with Crippen LogP contribution in [0.25, 0.3) is 0 Å². The molecule has 0 unspecified atom stereocenters. The Bertz CT molecular complexity index is 578. The van der Waals surface area contributed by atoms with E-state index in [4.69, 9.17) is 16.3 Å². The summed E-state index contributed by atoms with van der Waals surface area (Å²) in [5.74, 6) is 1.28. The van der Waals surface area contributed by atoms with E-state index in [0.717, 1.165) is 29.1 Å². The van der Waals surface area contributed by atoms with Crippen LogP contribution in [0.5, 0.6) is 11.6 Å². The van der Waals surface area contributed by atoms with Crippen LogP contribution in [0.1, 0.15) is 23.7 Å². The molecule has 4 nitrogen and oxygen atoms in total. The second-order valence-corrected chi connectivity index (χ2v) is 5.04. The van der Waals surface area contributed by atoms with E-state index in [9.17, 15) is 0 Å². The fraction of sp³-hybridized carbons (Fsp3) is 0.333. The molecule has 0 radical (unpaired) electrons. The molecule has 0 aliphatic rings. The highest BCUT2D eigenvalue weighted by Crippen LogP contribution is 2.30. The van der Waals surface area contributed by atoms with Crippen LogP contribution in [0.3, 0.4) is 0 Å². The van der Waals surface area contributed by atoms with Gasteiger partial charge in [0.2, 0.25) is 5.88 Å². The molecule has 2 rings (SSSR count). The van der Waals surface area contributed by atoms with Crippen LogP contribution in [0.4, 0.5) is 0 Å². The van der Waals surface area contributed by atoms with Crippen LogP contribution in [-0.4, -0.2) is 16.5 Å². The lowest BCUT2D eigenvalue weighted by atomic mass is 10.1. The predicted molar refractivity (Wildman–Crippen MR) is 80.4 cm³/mol. The lowest BCUT2D eigenvalue weighted by Crippen LogP contribution is -2.13. The molecule has 0 saturated carbocycles. The van der Waals surface area contributed by atoms with Gasteiger partial charge in [-0.05, 0) is 43.7 Å². The average molecular weight is 292 g/mol. The summed E-state index contributed by atoms with van der Waals surface area (Å²) in [6, 6.07) is 3.75. The Morgan fingerprint density at radius 3 is 2.55 bits per heavy atom. The topological polar surface area (TPSA) is 47.0 Å². The molecule has 0 bridgehead atoms. The largest absolute Gasteiger partial charge is 0.437 e. The summed E-state index contributed by atoms with van der Waals surface area (Å²) in [5, 5.41) is 3.92. The number of aromatic nitrogens is 2. The van der Waals surface area contributed by atoms with Crippen LogP contribution in [0.2, 0.25) is 5.02 Å². The molecule has 0 spiro atoms. The molecule has 5 heteroatoms. The Hall–Kier alpha value is -1.65. The van der Waals surface area contributed by atoms with Crippen LogP contribution < -0.4 is 10.1 Å². The van der Waals surface area contributed by atoms with Crippen molar-refractivity contribution in [3.05, 3.63) is 46.4 Å². The summed E-state index contributed by atoms with van der Waals surface area (Å²) in [6.07, 6.45) is 3.35. The summed E-state index contributed by atoms with van der Waals surface area (Å²) in [4.78, 5) is 8.59. The number of nitrogens with one attached hydrogen (secondary N) is 1. The van der Waals surface area contributed by atoms with Crippen molar-refractivity contribution in [2.24, 2.45) is 0 Å². The molecule has 0 atom stereocenters. The van der Waals surface area contributed by atoms with Gasteiger partial charge >= 0.3 is 0 Å². The van der Waals surface area contributed by atoms with Gasteiger partial charge in [0.1, 0.15) is 5.75 Å². The van der Waals surface area contributed by atoms with Crippen molar-refractivity contribution in [2.45, 2.75) is 27.3 Å². The molecule has 1 aromatic heterocycles. The molecule has 20 heavy (non-hydrogen) atoms. The molecular weight excluding hydrogens is 274 g/mol. The fourth-order valence-corrected chi connectivity index (χ4v) is 2.26. The average Bonchev–Trinajstić information content (AvgIpc) is 2.41. The summed E-state index contributed by atoms with van der Waals surface area (Å²) in [7, 11) is 0. The van der Waals surface area contributed by atoms with Gasteiger partial charge in [0, 0.05) is 17.8 Å². The van der Waals surface area contributed by atoms with Crippen LogP contribution >= 0.6 is 11.6 Å². The Balaban J connectivity index is 2.22. The highest BCUT2D eigenvalue weighted by molar-refractivity contribution is 6.30. The smallest absolute Gasteiger partial charge is 0.238 e. The van der Waals surface area contributed by atoms with Crippen LogP contribution in [0.15, 0.2) is 24.5 Å². The second kappa shape index (κ2) is 6.68. The number of hydrogen-bond donors (Lipinski definition) is 1. The highest BCUT2D eigenvalue weighted by Gasteiger charge is 2.08. The van der Waals surface area contributed by atoms with E-state index < -0.39 is 0 Å². The predicted octanol–water partition coefficient (Wildman–Crippen LogP) is 3.65. The number of hydrogen-bond acceptors (Lipinski definition) is 4. The van der Waals surface area contributed by atoms with Gasteiger partial charge in [-0.2, -0.15) is 0 Å². The van der Waals surface area contributed by atoms with Gasteiger partial charge in [-0.1, -0.05) is 18.5 Å². The zero-order chi connectivity index (χ0) is 14.5. The Kier molecular flexibility index (Phi) is 4.93. The van der Waals surface area contributed by atoms with E-state index in [0.29, 0.717) is 17.4 Å². The van der Waals surface area contributed by atoms with Crippen molar-refractivity contribution in [1.82, 2.24) is 15.3 Å². The first-order chi connectivity index (χ1) is 9.60. The molecule has 2 aromatic rings. The van der Waals surface area contributed by atoms with Crippen LogP contribution in [0, 0.1) is 13.8 Å². The molecular formula is C15H18ClN3O. The first kappa shape index (κ1) is 14.8. The summed E-state index contributed by atoms with van der Waals surface area (Å²) in [6.45, 7) is 7.55. The number of halogens is 1. The van der Waals surface area contributed by atoms with Gasteiger partial charge in [0.15, 0.2) is 0 Å². The molecule has 0 saturated heterocycles. The van der Waals surface area contributed by atoms with E-state index in [1.807, 2.05) is 32.9 Å². The Morgan fingerprint density at radius 2 is 1.90 bits per heavy atom. The minimum Gasteiger partial charge on any atom is -0.437 e. The quantitative estimate of drug-likeness (QED) is 0.913. The van der Waals surface area contributed by atoms with Crippen LogP contribution in [-0.2, 0) is 6.54 Å². The van der Waals surface area contributed by atoms with Crippen molar-refractivity contribution in [1.29, 1.82) is 0 Å². The first-order valence-electron chi connectivity index (χ1n) is 6.56. The van der Waals surface area contributed by atoms with E-state index >= 15 is 0 Å². The molecule has 106 valence electrons. The maximum absolute atomic E-state index is 6.02. The lowest BCUT2D eigenvalue weighted by Gasteiger charge is -2.12. The number of aryl methyl sites for hydroxylation is 2. The molecule has 1 N–H and O–H groups in total. The fourth-order valence-electron chi connectivity index (χ4n) is 1.94. The Morgan fingerprint density at radius 1 is 1.20 bits per heavy atom. The minimum absolute atomic E-state index is 0.494. The van der Waals surface area contributed by atoms with Gasteiger partial charge < -0.3 is 10.1 Å². The van der Waals surface area contributed by atoms with E-state index in [1.54, 1.807) is 12.4 Å². The molecule has 0 fully saturated rings. The Labute approximate surface area is 124 Å². The number of benzene rings is 1. The zero-order valence-corrected chi connectivity index (χ0v) is 12.7. The molecule has 1 heterocycles. The van der Waals surface area contributed by atoms with Gasteiger partial charge in [0.25, 0.3) is 0 Å². The standard InChI is InChI=1S/C15H18ClN3O/c1-4-17-7-13-8-18-9-14(19-13)20-15-10(2)5-12(16)6-11(15)3/h5-6,8-9,17H,4,7H2,1-3H3. The number of ether oxygens (including phenoxy) is 1. The molecule has 0 amide bonds. The number of rotatable bonds is 5. The highest BCUT2D eigenvalue weighted by atomic mass is 35.5. The van der Waals surface area contributed by atoms with Crippen molar-refractivity contribution < 1.29 is 4.74 Å². The molecule has 0 aliphatic heterocycles.